The number of aryl methyl sites for hydroxylation is 1. The van der Waals surface area contributed by atoms with Crippen molar-refractivity contribution in [1.29, 1.82) is 0 Å². The number of halogens is 1. The lowest BCUT2D eigenvalue weighted by Crippen LogP contribution is -2.23. The largest absolute Gasteiger partial charge is 0.434 e. The number of rotatable bonds is 3. The van der Waals surface area contributed by atoms with Crippen molar-refractivity contribution < 1.29 is 9.21 Å². The number of amides is 1. The maximum atomic E-state index is 11.6. The molecule has 2 aromatic rings. The van der Waals surface area contributed by atoms with Crippen LogP contribution in [0.3, 0.4) is 0 Å². The summed E-state index contributed by atoms with van der Waals surface area (Å²) in [5, 5.41) is 8.67. The zero-order valence-electron chi connectivity index (χ0n) is 9.49. The molecule has 0 atom stereocenters. The average molecular weight is 268 g/mol. The number of aromatic nitrogens is 2. The van der Waals surface area contributed by atoms with Gasteiger partial charge in [0, 0.05) is 11.6 Å². The quantitative estimate of drug-likeness (QED) is 0.876. The second kappa shape index (κ2) is 5.05. The monoisotopic (exact) mass is 267 g/mol. The summed E-state index contributed by atoms with van der Waals surface area (Å²) < 4.78 is 4.53. The molecule has 0 aliphatic carbocycles. The SMILES string of the molecule is Cc1cc(Cl)ccc1CNC(=O)c1n[nH]c(=O)o1. The first-order chi connectivity index (χ1) is 8.56. The lowest BCUT2D eigenvalue weighted by atomic mass is 10.1. The fourth-order valence-electron chi connectivity index (χ4n) is 1.44. The van der Waals surface area contributed by atoms with E-state index in [4.69, 9.17) is 11.6 Å². The molecule has 6 nitrogen and oxygen atoms in total. The molecule has 0 fully saturated rings. The van der Waals surface area contributed by atoms with Crippen molar-refractivity contribution in [2.75, 3.05) is 0 Å². The van der Waals surface area contributed by atoms with Gasteiger partial charge >= 0.3 is 17.6 Å². The molecule has 2 rings (SSSR count). The summed E-state index contributed by atoms with van der Waals surface area (Å²) in [4.78, 5) is 22.2. The molecule has 0 saturated heterocycles. The number of nitrogens with one attached hydrogen (secondary N) is 2. The number of carbonyl (C=O) groups excluding carboxylic acids is 1. The van der Waals surface area contributed by atoms with Crippen LogP contribution in [0.4, 0.5) is 0 Å². The van der Waals surface area contributed by atoms with E-state index in [1.54, 1.807) is 12.1 Å². The maximum Gasteiger partial charge on any atom is 0.434 e. The minimum atomic E-state index is -0.761. The molecule has 1 aromatic carbocycles. The first kappa shape index (κ1) is 12.4. The number of benzene rings is 1. The topological polar surface area (TPSA) is 88.0 Å². The van der Waals surface area contributed by atoms with Crippen molar-refractivity contribution in [2.24, 2.45) is 0 Å². The summed E-state index contributed by atoms with van der Waals surface area (Å²) in [6.07, 6.45) is 0. The van der Waals surface area contributed by atoms with Crippen molar-refractivity contribution >= 4 is 17.5 Å². The molecule has 2 N–H and O–H groups in total. The van der Waals surface area contributed by atoms with E-state index in [1.807, 2.05) is 18.1 Å². The van der Waals surface area contributed by atoms with Crippen LogP contribution in [-0.4, -0.2) is 16.1 Å². The highest BCUT2D eigenvalue weighted by Gasteiger charge is 2.12. The number of aromatic amines is 1. The highest BCUT2D eigenvalue weighted by atomic mass is 35.5. The summed E-state index contributed by atoms with van der Waals surface area (Å²) in [7, 11) is 0. The standard InChI is InChI=1S/C11H10ClN3O3/c1-6-4-8(12)3-2-7(6)5-13-9(16)10-14-15-11(17)18-10/h2-4H,5H2,1H3,(H,13,16)(H,15,17). The molecule has 7 heteroatoms. The van der Waals surface area contributed by atoms with E-state index in [1.165, 1.54) is 0 Å². The number of hydrogen-bond acceptors (Lipinski definition) is 4. The minimum absolute atomic E-state index is 0.286. The molecule has 0 aliphatic heterocycles. The van der Waals surface area contributed by atoms with Crippen LogP contribution in [0, 0.1) is 6.92 Å². The van der Waals surface area contributed by atoms with Crippen LogP contribution in [0.2, 0.25) is 5.02 Å². The molecule has 0 unspecified atom stereocenters. The van der Waals surface area contributed by atoms with E-state index in [0.717, 1.165) is 11.1 Å². The van der Waals surface area contributed by atoms with Gasteiger partial charge in [0.05, 0.1) is 0 Å². The fraction of sp³-hybridized carbons (Fsp3) is 0.182. The normalized spacial score (nSPS) is 10.3. The highest BCUT2D eigenvalue weighted by molar-refractivity contribution is 6.30. The van der Waals surface area contributed by atoms with Crippen molar-refractivity contribution in [1.82, 2.24) is 15.5 Å². The van der Waals surface area contributed by atoms with E-state index >= 15 is 0 Å². The Labute approximate surface area is 107 Å². The number of H-pyrrole nitrogens is 1. The van der Waals surface area contributed by atoms with Gasteiger partial charge in [-0.15, -0.1) is 5.10 Å². The van der Waals surface area contributed by atoms with Crippen LogP contribution in [0.25, 0.3) is 0 Å². The van der Waals surface area contributed by atoms with Crippen molar-refractivity contribution in [2.45, 2.75) is 13.5 Å². The Morgan fingerprint density at radius 3 is 2.94 bits per heavy atom. The molecular weight excluding hydrogens is 258 g/mol. The van der Waals surface area contributed by atoms with Gasteiger partial charge in [-0.05, 0) is 30.2 Å². The van der Waals surface area contributed by atoms with Crippen molar-refractivity contribution in [3.8, 4) is 0 Å². The zero-order valence-corrected chi connectivity index (χ0v) is 10.2. The van der Waals surface area contributed by atoms with Crippen molar-refractivity contribution in [3.63, 3.8) is 0 Å². The molecule has 1 amide bonds. The second-order valence-corrected chi connectivity index (χ2v) is 4.11. The van der Waals surface area contributed by atoms with Crippen LogP contribution >= 0.6 is 11.6 Å². The molecular formula is C11H10ClN3O3. The zero-order chi connectivity index (χ0) is 13.1. The molecule has 0 bridgehead atoms. The van der Waals surface area contributed by atoms with Gasteiger partial charge in [0.25, 0.3) is 0 Å². The van der Waals surface area contributed by atoms with E-state index in [2.05, 4.69) is 14.8 Å². The Morgan fingerprint density at radius 1 is 1.56 bits per heavy atom. The van der Waals surface area contributed by atoms with Gasteiger partial charge in [-0.2, -0.15) is 0 Å². The molecule has 0 radical (unpaired) electrons. The molecule has 1 heterocycles. The van der Waals surface area contributed by atoms with E-state index in [9.17, 15) is 9.59 Å². The maximum absolute atomic E-state index is 11.6. The second-order valence-electron chi connectivity index (χ2n) is 3.67. The molecule has 0 spiro atoms. The average Bonchev–Trinajstić information content (AvgIpc) is 2.74. The third kappa shape index (κ3) is 2.78. The number of carbonyl (C=O) groups is 1. The van der Waals surface area contributed by atoms with Crippen LogP contribution in [0.15, 0.2) is 27.4 Å². The van der Waals surface area contributed by atoms with Gasteiger partial charge < -0.3 is 9.73 Å². The van der Waals surface area contributed by atoms with Gasteiger partial charge in [-0.25, -0.2) is 9.89 Å². The van der Waals surface area contributed by atoms with Gasteiger partial charge in [-0.3, -0.25) is 4.79 Å². The predicted molar refractivity (Wildman–Crippen MR) is 64.5 cm³/mol. The molecule has 18 heavy (non-hydrogen) atoms. The van der Waals surface area contributed by atoms with E-state index < -0.39 is 11.7 Å². The van der Waals surface area contributed by atoms with Gasteiger partial charge in [0.15, 0.2) is 0 Å². The smallest absolute Gasteiger partial charge is 0.383 e. The lowest BCUT2D eigenvalue weighted by Gasteiger charge is -2.06. The Morgan fingerprint density at radius 2 is 2.33 bits per heavy atom. The fourth-order valence-corrected chi connectivity index (χ4v) is 1.66. The molecule has 0 aliphatic rings. The van der Waals surface area contributed by atoms with Crippen molar-refractivity contribution in [3.05, 3.63) is 50.8 Å². The third-order valence-corrected chi connectivity index (χ3v) is 2.61. The summed E-state index contributed by atoms with van der Waals surface area (Å²) in [6, 6.07) is 5.36. The van der Waals surface area contributed by atoms with E-state index in [-0.39, 0.29) is 5.89 Å². The summed E-state index contributed by atoms with van der Waals surface area (Å²) in [5.74, 6) is -1.60. The first-order valence-corrected chi connectivity index (χ1v) is 5.53. The predicted octanol–water partition coefficient (Wildman–Crippen LogP) is 1.25. The molecule has 1 aromatic heterocycles. The first-order valence-electron chi connectivity index (χ1n) is 5.15. The summed E-state index contributed by atoms with van der Waals surface area (Å²) in [5.41, 5.74) is 1.89. The lowest BCUT2D eigenvalue weighted by molar-refractivity contribution is 0.0914. The Bertz CT molecular complexity index is 632. The van der Waals surface area contributed by atoms with Gasteiger partial charge in [0.2, 0.25) is 0 Å². The summed E-state index contributed by atoms with van der Waals surface area (Å²) in [6.45, 7) is 2.19. The van der Waals surface area contributed by atoms with Crippen LogP contribution < -0.4 is 11.1 Å². The molecule has 0 saturated carbocycles. The third-order valence-electron chi connectivity index (χ3n) is 2.38. The highest BCUT2D eigenvalue weighted by Crippen LogP contribution is 2.14. The summed E-state index contributed by atoms with van der Waals surface area (Å²) >= 11 is 5.83. The van der Waals surface area contributed by atoms with Gasteiger partial charge in [0.1, 0.15) is 0 Å². The van der Waals surface area contributed by atoms with Crippen LogP contribution in [0.1, 0.15) is 21.8 Å². The Balaban J connectivity index is 2.03. The number of hydrogen-bond donors (Lipinski definition) is 2. The number of nitrogens with zero attached hydrogens (tertiary/aromatic N) is 1. The molecule has 94 valence electrons. The van der Waals surface area contributed by atoms with Crippen LogP contribution in [0.5, 0.6) is 0 Å². The Kier molecular flexibility index (Phi) is 3.47. The van der Waals surface area contributed by atoms with Crippen LogP contribution in [-0.2, 0) is 6.54 Å². The van der Waals surface area contributed by atoms with Gasteiger partial charge in [-0.1, -0.05) is 17.7 Å². The Hall–Kier alpha value is -2.08. The van der Waals surface area contributed by atoms with E-state index in [0.29, 0.717) is 11.6 Å². The minimum Gasteiger partial charge on any atom is -0.383 e.